The van der Waals surface area contributed by atoms with Crippen LogP contribution in [-0.4, -0.2) is 9.36 Å². The van der Waals surface area contributed by atoms with Crippen LogP contribution in [0.5, 0.6) is 0 Å². The van der Waals surface area contributed by atoms with E-state index in [1.54, 1.807) is 16.8 Å². The third-order valence-electron chi connectivity index (χ3n) is 4.35. The van der Waals surface area contributed by atoms with Crippen LogP contribution in [0.1, 0.15) is 48.8 Å². The fourth-order valence-electron chi connectivity index (χ4n) is 3.14. The second-order valence-electron chi connectivity index (χ2n) is 5.97. The van der Waals surface area contributed by atoms with Gasteiger partial charge >= 0.3 is 0 Å². The topological polar surface area (TPSA) is 26.9 Å². The zero-order valence-corrected chi connectivity index (χ0v) is 11.5. The highest BCUT2D eigenvalue weighted by molar-refractivity contribution is 5.38. The third-order valence-corrected chi connectivity index (χ3v) is 4.35. The quantitative estimate of drug-likeness (QED) is 0.843. The largest absolute Gasteiger partial charge is 0.284 e. The van der Waals surface area contributed by atoms with Crippen molar-refractivity contribution in [2.75, 3.05) is 0 Å². The summed E-state index contributed by atoms with van der Waals surface area (Å²) in [4.78, 5) is 12.8. The number of benzene rings is 1. The highest BCUT2D eigenvalue weighted by Gasteiger charge is 2.38. The zero-order valence-electron chi connectivity index (χ0n) is 11.5. The second kappa shape index (κ2) is 4.08. The summed E-state index contributed by atoms with van der Waals surface area (Å²) >= 11 is 0. The Bertz CT molecular complexity index is 735. The SMILES string of the molecule is Cn1c(C2CC2)c(C2CC2)c(=O)n1-c1cccc(F)c1. The molecule has 0 bridgehead atoms. The van der Waals surface area contributed by atoms with E-state index >= 15 is 0 Å². The molecule has 1 aromatic heterocycles. The van der Waals surface area contributed by atoms with Crippen LogP contribution in [0.25, 0.3) is 5.69 Å². The zero-order chi connectivity index (χ0) is 13.9. The molecule has 0 saturated heterocycles. The van der Waals surface area contributed by atoms with E-state index in [2.05, 4.69) is 0 Å². The van der Waals surface area contributed by atoms with Crippen LogP contribution in [0, 0.1) is 5.82 Å². The van der Waals surface area contributed by atoms with Crippen molar-refractivity contribution in [2.45, 2.75) is 37.5 Å². The Kier molecular flexibility index (Phi) is 2.43. The molecule has 0 aliphatic heterocycles. The highest BCUT2D eigenvalue weighted by Crippen LogP contribution is 2.48. The van der Waals surface area contributed by atoms with Crippen molar-refractivity contribution in [2.24, 2.45) is 7.05 Å². The van der Waals surface area contributed by atoms with Crippen molar-refractivity contribution in [3.8, 4) is 5.69 Å². The molecule has 4 heteroatoms. The molecule has 2 fully saturated rings. The number of halogens is 1. The first-order chi connectivity index (χ1) is 9.66. The van der Waals surface area contributed by atoms with E-state index in [1.807, 2.05) is 11.7 Å². The first kappa shape index (κ1) is 11.9. The van der Waals surface area contributed by atoms with E-state index in [0.29, 0.717) is 17.5 Å². The van der Waals surface area contributed by atoms with Gasteiger partial charge in [0.25, 0.3) is 5.56 Å². The lowest BCUT2D eigenvalue weighted by atomic mass is 10.1. The lowest BCUT2D eigenvalue weighted by molar-refractivity contribution is 0.600. The standard InChI is InChI=1S/C16H17FN2O/c1-18-15(11-7-8-11)14(10-5-6-10)16(20)19(18)13-4-2-3-12(17)9-13/h2-4,9-11H,5-8H2,1H3. The van der Waals surface area contributed by atoms with Gasteiger partial charge in [0.05, 0.1) is 5.69 Å². The Balaban J connectivity index is 1.96. The summed E-state index contributed by atoms with van der Waals surface area (Å²) in [6.45, 7) is 0. The summed E-state index contributed by atoms with van der Waals surface area (Å²) in [5, 5.41) is 0. The van der Waals surface area contributed by atoms with Crippen LogP contribution in [0.3, 0.4) is 0 Å². The lowest BCUT2D eigenvalue weighted by Crippen LogP contribution is -2.21. The van der Waals surface area contributed by atoms with Crippen LogP contribution < -0.4 is 5.56 Å². The van der Waals surface area contributed by atoms with Crippen molar-refractivity contribution in [3.63, 3.8) is 0 Å². The summed E-state index contributed by atoms with van der Waals surface area (Å²) < 4.78 is 17.0. The van der Waals surface area contributed by atoms with Crippen molar-refractivity contribution in [1.29, 1.82) is 0 Å². The van der Waals surface area contributed by atoms with E-state index in [9.17, 15) is 9.18 Å². The molecule has 1 heterocycles. The number of hydrogen-bond acceptors (Lipinski definition) is 1. The molecule has 0 N–H and O–H groups in total. The molecule has 0 spiro atoms. The molecule has 2 saturated carbocycles. The monoisotopic (exact) mass is 272 g/mol. The number of hydrogen-bond donors (Lipinski definition) is 0. The molecule has 2 aliphatic carbocycles. The van der Waals surface area contributed by atoms with Gasteiger partial charge in [0, 0.05) is 24.2 Å². The predicted octanol–water partition coefficient (Wildman–Crippen LogP) is 3.07. The van der Waals surface area contributed by atoms with E-state index in [4.69, 9.17) is 0 Å². The fourth-order valence-corrected chi connectivity index (χ4v) is 3.14. The fraction of sp³-hybridized carbons (Fsp3) is 0.438. The Morgan fingerprint density at radius 2 is 1.85 bits per heavy atom. The smallest absolute Gasteiger partial charge is 0.275 e. The molecular formula is C16H17FN2O. The molecule has 0 amide bonds. The van der Waals surface area contributed by atoms with E-state index in [1.165, 1.54) is 30.7 Å². The van der Waals surface area contributed by atoms with Crippen molar-refractivity contribution in [1.82, 2.24) is 9.36 Å². The minimum atomic E-state index is -0.309. The lowest BCUT2D eigenvalue weighted by Gasteiger charge is -2.09. The van der Waals surface area contributed by atoms with Gasteiger partial charge < -0.3 is 0 Å². The summed E-state index contributed by atoms with van der Waals surface area (Å²) in [5.41, 5.74) is 2.83. The highest BCUT2D eigenvalue weighted by atomic mass is 19.1. The Morgan fingerprint density at radius 3 is 2.45 bits per heavy atom. The maximum Gasteiger partial charge on any atom is 0.275 e. The molecule has 4 rings (SSSR count). The minimum absolute atomic E-state index is 0.0440. The molecule has 1 aromatic carbocycles. The van der Waals surface area contributed by atoms with Crippen molar-refractivity contribution in [3.05, 3.63) is 51.7 Å². The molecule has 0 radical (unpaired) electrons. The van der Waals surface area contributed by atoms with Crippen LogP contribution in [0.2, 0.25) is 0 Å². The van der Waals surface area contributed by atoms with Crippen LogP contribution in [-0.2, 0) is 7.05 Å². The molecular weight excluding hydrogens is 255 g/mol. The summed E-state index contributed by atoms with van der Waals surface area (Å²) in [5.74, 6) is 0.647. The summed E-state index contributed by atoms with van der Waals surface area (Å²) in [6.07, 6.45) is 4.56. The Labute approximate surface area is 116 Å². The predicted molar refractivity (Wildman–Crippen MR) is 74.9 cm³/mol. The Hall–Kier alpha value is -1.84. The van der Waals surface area contributed by atoms with Crippen molar-refractivity contribution >= 4 is 0 Å². The maximum atomic E-state index is 13.4. The molecule has 0 atom stereocenters. The summed E-state index contributed by atoms with van der Waals surface area (Å²) in [6, 6.07) is 6.27. The summed E-state index contributed by atoms with van der Waals surface area (Å²) in [7, 11) is 1.92. The molecule has 3 nitrogen and oxygen atoms in total. The second-order valence-corrected chi connectivity index (χ2v) is 5.97. The van der Waals surface area contributed by atoms with E-state index < -0.39 is 0 Å². The minimum Gasteiger partial charge on any atom is -0.284 e. The first-order valence-corrected chi connectivity index (χ1v) is 7.24. The van der Waals surface area contributed by atoms with Gasteiger partial charge in [-0.3, -0.25) is 9.48 Å². The van der Waals surface area contributed by atoms with Gasteiger partial charge in [-0.05, 0) is 49.8 Å². The van der Waals surface area contributed by atoms with Crippen LogP contribution >= 0.6 is 0 Å². The van der Waals surface area contributed by atoms with Gasteiger partial charge in [-0.15, -0.1) is 0 Å². The molecule has 2 aromatic rings. The van der Waals surface area contributed by atoms with Crippen LogP contribution in [0.15, 0.2) is 29.1 Å². The normalized spacial score (nSPS) is 18.5. The van der Waals surface area contributed by atoms with Crippen molar-refractivity contribution < 1.29 is 4.39 Å². The molecule has 0 unspecified atom stereocenters. The average Bonchev–Trinajstić information content (AvgIpc) is 3.29. The van der Waals surface area contributed by atoms with Gasteiger partial charge in [-0.2, -0.15) is 0 Å². The number of nitrogens with zero attached hydrogens (tertiary/aromatic N) is 2. The van der Waals surface area contributed by atoms with Gasteiger partial charge in [0.1, 0.15) is 5.82 Å². The molecule has 104 valence electrons. The Morgan fingerprint density at radius 1 is 1.15 bits per heavy atom. The van der Waals surface area contributed by atoms with Gasteiger partial charge in [-0.25, -0.2) is 9.07 Å². The molecule has 20 heavy (non-hydrogen) atoms. The maximum absolute atomic E-state index is 13.4. The first-order valence-electron chi connectivity index (χ1n) is 7.24. The van der Waals surface area contributed by atoms with E-state index in [-0.39, 0.29) is 11.4 Å². The van der Waals surface area contributed by atoms with E-state index in [0.717, 1.165) is 18.4 Å². The third kappa shape index (κ3) is 1.74. The van der Waals surface area contributed by atoms with Gasteiger partial charge in [0.15, 0.2) is 0 Å². The van der Waals surface area contributed by atoms with Crippen LogP contribution in [0.4, 0.5) is 4.39 Å². The van der Waals surface area contributed by atoms with Gasteiger partial charge in [-0.1, -0.05) is 6.07 Å². The number of aromatic nitrogens is 2. The molecule has 2 aliphatic rings. The van der Waals surface area contributed by atoms with Gasteiger partial charge in [0.2, 0.25) is 0 Å². The average molecular weight is 272 g/mol. The number of rotatable bonds is 3.